The predicted molar refractivity (Wildman–Crippen MR) is 81.5 cm³/mol. The summed E-state index contributed by atoms with van der Waals surface area (Å²) >= 11 is 0. The molecule has 0 aromatic heterocycles. The number of aliphatic hydroxyl groups excluding tert-OH is 1. The minimum Gasteiger partial charge on any atom is -0.396 e. The van der Waals surface area contributed by atoms with E-state index in [9.17, 15) is 8.42 Å². The summed E-state index contributed by atoms with van der Waals surface area (Å²) in [7, 11) is -3.38. The van der Waals surface area contributed by atoms with Crippen molar-refractivity contribution in [3.63, 3.8) is 0 Å². The molecule has 4 nitrogen and oxygen atoms in total. The molecule has 116 valence electrons. The fraction of sp³-hybridized carbons (Fsp3) is 0.625. The first-order chi connectivity index (χ1) is 10.1. The molecule has 5 heteroatoms. The summed E-state index contributed by atoms with van der Waals surface area (Å²) < 4.78 is 27.5. The van der Waals surface area contributed by atoms with Gasteiger partial charge in [0.15, 0.2) is 0 Å². The molecule has 1 saturated carbocycles. The molecule has 3 rings (SSSR count). The first kappa shape index (κ1) is 15.0. The molecule has 0 bridgehead atoms. The van der Waals surface area contributed by atoms with Gasteiger partial charge in [-0.15, -0.1) is 0 Å². The van der Waals surface area contributed by atoms with Gasteiger partial charge in [0.25, 0.3) is 0 Å². The Kier molecular flexibility index (Phi) is 4.33. The van der Waals surface area contributed by atoms with Crippen molar-refractivity contribution >= 4 is 10.0 Å². The van der Waals surface area contributed by atoms with Crippen molar-refractivity contribution in [2.45, 2.75) is 49.5 Å². The van der Waals surface area contributed by atoms with Gasteiger partial charge in [-0.2, -0.15) is 4.31 Å². The van der Waals surface area contributed by atoms with Crippen molar-refractivity contribution in [3.05, 3.63) is 29.8 Å². The third kappa shape index (κ3) is 2.87. The molecule has 0 radical (unpaired) electrons. The summed E-state index contributed by atoms with van der Waals surface area (Å²) in [4.78, 5) is 0.386. The number of benzene rings is 1. The zero-order valence-corrected chi connectivity index (χ0v) is 13.1. The number of piperidine rings is 1. The van der Waals surface area contributed by atoms with Gasteiger partial charge in [0.2, 0.25) is 10.0 Å². The lowest BCUT2D eigenvalue weighted by Crippen LogP contribution is -2.46. The smallest absolute Gasteiger partial charge is 0.243 e. The highest BCUT2D eigenvalue weighted by Gasteiger charge is 2.41. The fourth-order valence-electron chi connectivity index (χ4n) is 3.80. The Bertz CT molecular complexity index is 582. The summed E-state index contributed by atoms with van der Waals surface area (Å²) in [6, 6.07) is 7.18. The van der Waals surface area contributed by atoms with Crippen LogP contribution >= 0.6 is 0 Å². The van der Waals surface area contributed by atoms with Gasteiger partial charge in [-0.25, -0.2) is 8.42 Å². The molecule has 1 saturated heterocycles. The molecule has 1 aliphatic carbocycles. The van der Waals surface area contributed by atoms with E-state index in [1.54, 1.807) is 28.6 Å². The van der Waals surface area contributed by atoms with Crippen LogP contribution in [0.2, 0.25) is 0 Å². The van der Waals surface area contributed by atoms with Crippen molar-refractivity contribution in [1.82, 2.24) is 4.31 Å². The lowest BCUT2D eigenvalue weighted by Gasteiger charge is -2.36. The molecule has 0 spiro atoms. The first-order valence-corrected chi connectivity index (χ1v) is 9.28. The molecule has 1 N–H and O–H groups in total. The van der Waals surface area contributed by atoms with E-state index in [4.69, 9.17) is 5.11 Å². The second-order valence-electron chi connectivity index (χ2n) is 6.13. The maximum atomic E-state index is 12.9. The summed E-state index contributed by atoms with van der Waals surface area (Å²) in [5.74, 6) is 0.558. The van der Waals surface area contributed by atoms with E-state index in [0.717, 1.165) is 24.8 Å². The van der Waals surface area contributed by atoms with Gasteiger partial charge in [-0.1, -0.05) is 18.6 Å². The van der Waals surface area contributed by atoms with Crippen molar-refractivity contribution in [3.8, 4) is 0 Å². The average Bonchev–Trinajstić information content (AvgIpc) is 2.96. The number of hydrogen-bond donors (Lipinski definition) is 1. The van der Waals surface area contributed by atoms with Gasteiger partial charge in [0.05, 0.1) is 4.90 Å². The second-order valence-corrected chi connectivity index (χ2v) is 8.02. The van der Waals surface area contributed by atoms with Crippen molar-refractivity contribution in [2.24, 2.45) is 5.92 Å². The van der Waals surface area contributed by atoms with Gasteiger partial charge in [0, 0.05) is 19.2 Å². The fourth-order valence-corrected chi connectivity index (χ4v) is 5.55. The van der Waals surface area contributed by atoms with Crippen LogP contribution in [0.15, 0.2) is 29.2 Å². The maximum absolute atomic E-state index is 12.9. The average molecular weight is 309 g/mol. The Morgan fingerprint density at radius 3 is 2.52 bits per heavy atom. The van der Waals surface area contributed by atoms with Crippen LogP contribution in [0, 0.1) is 5.92 Å². The highest BCUT2D eigenvalue weighted by atomic mass is 32.2. The van der Waals surface area contributed by atoms with E-state index in [0.29, 0.717) is 23.8 Å². The second kappa shape index (κ2) is 6.07. The molecule has 1 aromatic carbocycles. The Morgan fingerprint density at radius 1 is 1.10 bits per heavy atom. The zero-order chi connectivity index (χ0) is 14.9. The largest absolute Gasteiger partial charge is 0.396 e. The summed E-state index contributed by atoms with van der Waals surface area (Å²) in [5.41, 5.74) is 0.967. The molecule has 2 atom stereocenters. The maximum Gasteiger partial charge on any atom is 0.243 e. The quantitative estimate of drug-likeness (QED) is 0.927. The minimum atomic E-state index is -3.38. The molecule has 1 aromatic rings. The molecule has 1 aliphatic heterocycles. The normalized spacial score (nSPS) is 26.7. The Balaban J connectivity index is 1.85. The van der Waals surface area contributed by atoms with E-state index in [-0.39, 0.29) is 12.6 Å². The Labute approximate surface area is 126 Å². The van der Waals surface area contributed by atoms with Gasteiger partial charge in [-0.05, 0) is 55.7 Å². The number of hydrogen-bond acceptors (Lipinski definition) is 3. The number of nitrogens with zero attached hydrogens (tertiary/aromatic N) is 1. The summed E-state index contributed by atoms with van der Waals surface area (Å²) in [6.45, 7) is 0.740. The van der Waals surface area contributed by atoms with Crippen LogP contribution in [-0.2, 0) is 16.4 Å². The van der Waals surface area contributed by atoms with Crippen LogP contribution in [0.1, 0.15) is 37.7 Å². The van der Waals surface area contributed by atoms with Crippen LogP contribution in [0.25, 0.3) is 0 Å². The van der Waals surface area contributed by atoms with Gasteiger partial charge < -0.3 is 5.11 Å². The Hall–Kier alpha value is -0.910. The highest BCUT2D eigenvalue weighted by Crippen LogP contribution is 2.39. The van der Waals surface area contributed by atoms with Gasteiger partial charge >= 0.3 is 0 Å². The van der Waals surface area contributed by atoms with Gasteiger partial charge in [0.1, 0.15) is 0 Å². The monoisotopic (exact) mass is 309 g/mol. The topological polar surface area (TPSA) is 57.6 Å². The summed E-state index contributed by atoms with van der Waals surface area (Å²) in [5, 5.41) is 8.93. The number of aliphatic hydroxyl groups is 1. The van der Waals surface area contributed by atoms with E-state index in [1.807, 2.05) is 0 Å². The predicted octanol–water partition coefficient (Wildman–Crippen LogP) is 2.17. The van der Waals surface area contributed by atoms with Crippen molar-refractivity contribution in [1.29, 1.82) is 0 Å². The molecule has 1 heterocycles. The molecule has 21 heavy (non-hydrogen) atoms. The van der Waals surface area contributed by atoms with Crippen LogP contribution in [0.4, 0.5) is 0 Å². The minimum absolute atomic E-state index is 0.0853. The van der Waals surface area contributed by atoms with Crippen LogP contribution in [-0.4, -0.2) is 37.0 Å². The zero-order valence-electron chi connectivity index (χ0n) is 12.2. The van der Waals surface area contributed by atoms with E-state index in [1.165, 1.54) is 12.8 Å². The SMILES string of the molecule is O=S(=O)(c1ccc(CCO)cc1)N1CCCC2CCCC21. The van der Waals surface area contributed by atoms with E-state index < -0.39 is 10.0 Å². The van der Waals surface area contributed by atoms with Crippen LogP contribution < -0.4 is 0 Å². The molecule has 2 aliphatic rings. The molecule has 2 fully saturated rings. The number of sulfonamides is 1. The molecular weight excluding hydrogens is 286 g/mol. The van der Waals surface area contributed by atoms with Crippen LogP contribution in [0.3, 0.4) is 0 Å². The third-order valence-corrected chi connectivity index (χ3v) is 6.81. The molecular formula is C16H23NO3S. The lowest BCUT2D eigenvalue weighted by molar-refractivity contribution is 0.202. The van der Waals surface area contributed by atoms with Crippen molar-refractivity contribution in [2.75, 3.05) is 13.2 Å². The molecule has 0 amide bonds. The lowest BCUT2D eigenvalue weighted by atomic mass is 9.94. The highest BCUT2D eigenvalue weighted by molar-refractivity contribution is 7.89. The van der Waals surface area contributed by atoms with Crippen molar-refractivity contribution < 1.29 is 13.5 Å². The number of fused-ring (bicyclic) bond motifs is 1. The standard InChI is InChI=1S/C16H23NO3S/c18-12-10-13-6-8-15(9-7-13)21(19,20)17-11-2-4-14-3-1-5-16(14)17/h6-9,14,16,18H,1-5,10-12H2. The van der Waals surface area contributed by atoms with E-state index in [2.05, 4.69) is 0 Å². The van der Waals surface area contributed by atoms with Gasteiger partial charge in [-0.3, -0.25) is 0 Å². The van der Waals surface area contributed by atoms with E-state index >= 15 is 0 Å². The Morgan fingerprint density at radius 2 is 1.81 bits per heavy atom. The number of rotatable bonds is 4. The third-order valence-electron chi connectivity index (χ3n) is 4.87. The van der Waals surface area contributed by atoms with Crippen LogP contribution in [0.5, 0.6) is 0 Å². The first-order valence-electron chi connectivity index (χ1n) is 7.84. The summed E-state index contributed by atoms with van der Waals surface area (Å²) in [6.07, 6.45) is 6.04. The molecule has 2 unspecified atom stereocenters.